The average Bonchev–Trinajstić information content (AvgIpc) is 2.26. The Morgan fingerprint density at radius 3 is 2.56 bits per heavy atom. The van der Waals surface area contributed by atoms with E-state index >= 15 is 0 Å². The largest absolute Gasteiger partial charge is 0.497 e. The van der Waals surface area contributed by atoms with Crippen molar-refractivity contribution in [2.45, 2.75) is 13.0 Å². The van der Waals surface area contributed by atoms with Crippen LogP contribution in [0.3, 0.4) is 0 Å². The molecule has 0 amide bonds. The van der Waals surface area contributed by atoms with Crippen LogP contribution in [0.5, 0.6) is 5.75 Å². The normalized spacial score (nSPS) is 13.3. The minimum absolute atomic E-state index is 0.135. The number of sulfone groups is 1. The van der Waals surface area contributed by atoms with Crippen molar-refractivity contribution < 1.29 is 17.5 Å². The van der Waals surface area contributed by atoms with Crippen LogP contribution in [0.4, 0.5) is 4.39 Å². The summed E-state index contributed by atoms with van der Waals surface area (Å²) < 4.78 is 41.5. The van der Waals surface area contributed by atoms with Crippen molar-refractivity contribution in [2.75, 3.05) is 25.7 Å². The van der Waals surface area contributed by atoms with E-state index in [2.05, 4.69) is 5.32 Å². The smallest absolute Gasteiger partial charge is 0.149 e. The van der Waals surface area contributed by atoms with E-state index in [0.29, 0.717) is 17.9 Å². The predicted octanol–water partition coefficient (Wildman–Crippen LogP) is 1.53. The number of halogens is 1. The van der Waals surface area contributed by atoms with Crippen molar-refractivity contribution in [1.29, 1.82) is 0 Å². The number of benzene rings is 1. The van der Waals surface area contributed by atoms with Gasteiger partial charge in [-0.15, -0.1) is 0 Å². The van der Waals surface area contributed by atoms with Gasteiger partial charge in [-0.25, -0.2) is 12.8 Å². The van der Waals surface area contributed by atoms with Gasteiger partial charge in [0, 0.05) is 23.9 Å². The minimum atomic E-state index is -3.19. The zero-order valence-electron chi connectivity index (χ0n) is 10.7. The highest BCUT2D eigenvalue weighted by Gasteiger charge is 2.20. The first kappa shape index (κ1) is 14.9. The molecule has 0 heterocycles. The van der Waals surface area contributed by atoms with Crippen LogP contribution >= 0.6 is 0 Å². The third-order valence-electron chi connectivity index (χ3n) is 2.50. The fourth-order valence-electron chi connectivity index (χ4n) is 1.73. The second kappa shape index (κ2) is 6.15. The summed E-state index contributed by atoms with van der Waals surface area (Å²) in [6, 6.07) is 3.87. The lowest BCUT2D eigenvalue weighted by molar-refractivity contribution is 0.409. The summed E-state index contributed by atoms with van der Waals surface area (Å²) in [4.78, 5) is 0. The molecule has 0 radical (unpaired) electrons. The quantitative estimate of drug-likeness (QED) is 0.855. The summed E-state index contributed by atoms with van der Waals surface area (Å²) in [5.41, 5.74) is 0.336. The molecule has 0 spiro atoms. The Kier molecular flexibility index (Phi) is 5.10. The zero-order valence-corrected chi connectivity index (χ0v) is 11.6. The highest BCUT2D eigenvalue weighted by Crippen LogP contribution is 2.23. The van der Waals surface area contributed by atoms with Crippen molar-refractivity contribution in [1.82, 2.24) is 5.32 Å². The van der Waals surface area contributed by atoms with E-state index < -0.39 is 21.7 Å². The van der Waals surface area contributed by atoms with Crippen LogP contribution in [0.1, 0.15) is 18.5 Å². The van der Waals surface area contributed by atoms with Gasteiger partial charge in [0.15, 0.2) is 0 Å². The average molecular weight is 275 g/mol. The van der Waals surface area contributed by atoms with E-state index in [9.17, 15) is 12.8 Å². The molecule has 1 unspecified atom stereocenters. The first-order valence-electron chi connectivity index (χ1n) is 5.62. The van der Waals surface area contributed by atoms with Crippen LogP contribution in [0.15, 0.2) is 18.2 Å². The van der Waals surface area contributed by atoms with Gasteiger partial charge in [0.05, 0.1) is 12.9 Å². The maximum absolute atomic E-state index is 13.9. The molecule has 0 bridgehead atoms. The summed E-state index contributed by atoms with van der Waals surface area (Å²) in [5, 5.41) is 2.97. The van der Waals surface area contributed by atoms with Gasteiger partial charge in [-0.05, 0) is 12.6 Å². The highest BCUT2D eigenvalue weighted by atomic mass is 32.2. The Morgan fingerprint density at radius 2 is 2.11 bits per heavy atom. The monoisotopic (exact) mass is 275 g/mol. The topological polar surface area (TPSA) is 55.4 Å². The maximum Gasteiger partial charge on any atom is 0.149 e. The Balaban J connectivity index is 3.05. The number of hydrogen-bond donors (Lipinski definition) is 1. The minimum Gasteiger partial charge on any atom is -0.497 e. The Labute approximate surface area is 107 Å². The molecule has 4 nitrogen and oxygen atoms in total. The van der Waals surface area contributed by atoms with E-state index in [1.165, 1.54) is 13.2 Å². The van der Waals surface area contributed by atoms with E-state index in [1.54, 1.807) is 12.1 Å². The molecule has 1 N–H and O–H groups in total. The molecule has 0 saturated carbocycles. The fourth-order valence-corrected chi connectivity index (χ4v) is 2.63. The van der Waals surface area contributed by atoms with Crippen LogP contribution in [0, 0.1) is 5.82 Å². The van der Waals surface area contributed by atoms with Crippen LogP contribution in [-0.2, 0) is 9.84 Å². The fraction of sp³-hybridized carbons (Fsp3) is 0.500. The van der Waals surface area contributed by atoms with Gasteiger partial charge in [-0.3, -0.25) is 0 Å². The van der Waals surface area contributed by atoms with Crippen molar-refractivity contribution in [2.24, 2.45) is 0 Å². The summed E-state index contributed by atoms with van der Waals surface area (Å²) in [6.07, 6.45) is 1.14. The number of nitrogens with one attached hydrogen (secondary N) is 1. The first-order chi connectivity index (χ1) is 8.37. The Morgan fingerprint density at radius 1 is 1.44 bits per heavy atom. The van der Waals surface area contributed by atoms with Crippen LogP contribution in [0.25, 0.3) is 0 Å². The first-order valence-corrected chi connectivity index (χ1v) is 7.68. The van der Waals surface area contributed by atoms with E-state index in [-0.39, 0.29) is 5.75 Å². The second-order valence-electron chi connectivity index (χ2n) is 4.09. The summed E-state index contributed by atoms with van der Waals surface area (Å²) >= 11 is 0. The molecular weight excluding hydrogens is 257 g/mol. The van der Waals surface area contributed by atoms with Gasteiger partial charge in [-0.2, -0.15) is 0 Å². The van der Waals surface area contributed by atoms with Gasteiger partial charge >= 0.3 is 0 Å². The van der Waals surface area contributed by atoms with E-state index in [1.807, 2.05) is 6.92 Å². The molecule has 0 aliphatic carbocycles. The molecule has 0 aromatic heterocycles. The lowest BCUT2D eigenvalue weighted by Crippen LogP contribution is -2.28. The molecule has 1 aromatic rings. The van der Waals surface area contributed by atoms with Crippen LogP contribution in [0.2, 0.25) is 0 Å². The van der Waals surface area contributed by atoms with Crippen molar-refractivity contribution >= 4 is 9.84 Å². The number of hydrogen-bond acceptors (Lipinski definition) is 4. The molecule has 18 heavy (non-hydrogen) atoms. The lowest BCUT2D eigenvalue weighted by Gasteiger charge is -2.18. The zero-order chi connectivity index (χ0) is 13.8. The standard InChI is InChI=1S/C12H18FNO3S/c1-4-14-12(8-18(3,15)16)10-6-5-9(17-2)7-11(10)13/h5-7,12,14H,4,8H2,1-3H3. The van der Waals surface area contributed by atoms with Gasteiger partial charge in [0.2, 0.25) is 0 Å². The summed E-state index contributed by atoms with van der Waals surface area (Å²) in [6.45, 7) is 2.41. The molecule has 0 saturated heterocycles. The van der Waals surface area contributed by atoms with Gasteiger partial charge in [0.25, 0.3) is 0 Å². The molecule has 0 fully saturated rings. The number of ether oxygens (including phenoxy) is 1. The number of rotatable bonds is 6. The van der Waals surface area contributed by atoms with Gasteiger partial charge in [-0.1, -0.05) is 13.0 Å². The van der Waals surface area contributed by atoms with Crippen molar-refractivity contribution in [3.05, 3.63) is 29.6 Å². The molecule has 1 rings (SSSR count). The summed E-state index contributed by atoms with van der Waals surface area (Å²) in [7, 11) is -1.74. The van der Waals surface area contributed by atoms with Crippen molar-refractivity contribution in [3.8, 4) is 5.75 Å². The molecule has 0 aliphatic rings. The molecule has 0 aliphatic heterocycles. The van der Waals surface area contributed by atoms with Gasteiger partial charge < -0.3 is 10.1 Å². The number of methoxy groups -OCH3 is 1. The van der Waals surface area contributed by atoms with Crippen LogP contribution in [-0.4, -0.2) is 34.1 Å². The molecule has 102 valence electrons. The molecule has 1 atom stereocenters. The third kappa shape index (κ3) is 4.27. The SMILES string of the molecule is CCNC(CS(C)(=O)=O)c1ccc(OC)cc1F. The van der Waals surface area contributed by atoms with Crippen LogP contribution < -0.4 is 10.1 Å². The highest BCUT2D eigenvalue weighted by molar-refractivity contribution is 7.90. The Hall–Kier alpha value is -1.14. The molecular formula is C12H18FNO3S. The van der Waals surface area contributed by atoms with E-state index in [4.69, 9.17) is 4.74 Å². The molecule has 1 aromatic carbocycles. The van der Waals surface area contributed by atoms with E-state index in [0.717, 1.165) is 6.26 Å². The second-order valence-corrected chi connectivity index (χ2v) is 6.27. The predicted molar refractivity (Wildman–Crippen MR) is 69.1 cm³/mol. The third-order valence-corrected chi connectivity index (χ3v) is 3.44. The van der Waals surface area contributed by atoms with Crippen molar-refractivity contribution in [3.63, 3.8) is 0 Å². The summed E-state index contributed by atoms with van der Waals surface area (Å²) in [5.74, 6) is -0.195. The maximum atomic E-state index is 13.9. The Bertz CT molecular complexity index is 502. The molecule has 6 heteroatoms. The lowest BCUT2D eigenvalue weighted by atomic mass is 10.1. The van der Waals surface area contributed by atoms with Gasteiger partial charge in [0.1, 0.15) is 21.4 Å².